The molecular formula is C46H74O4. The maximum Gasteiger partial charge on any atom is 0.139 e. The van der Waals surface area contributed by atoms with Crippen molar-refractivity contribution in [3.8, 4) is 23.0 Å². The highest BCUT2D eigenvalue weighted by atomic mass is 16.5. The number of hydrogen-bond donors (Lipinski definition) is 0. The molecular weight excluding hydrogens is 617 g/mol. The first-order valence-corrected chi connectivity index (χ1v) is 21.0. The van der Waals surface area contributed by atoms with Crippen molar-refractivity contribution < 1.29 is 18.9 Å². The first kappa shape index (κ1) is 41.8. The average molecular weight is 691 g/mol. The number of unbranched alkanes of at least 4 members (excludes halogenated alkanes) is 12. The fraction of sp³-hybridized carbons (Fsp3) is 0.696. The molecule has 3 rings (SSSR count). The van der Waals surface area contributed by atoms with Crippen LogP contribution in [0.5, 0.6) is 23.0 Å². The zero-order valence-electron chi connectivity index (χ0n) is 33.5. The summed E-state index contributed by atoms with van der Waals surface area (Å²) >= 11 is 0. The van der Waals surface area contributed by atoms with Crippen LogP contribution in [0, 0.1) is 0 Å². The minimum Gasteiger partial charge on any atom is -0.490 e. The fourth-order valence-electron chi connectivity index (χ4n) is 7.13. The second-order valence-corrected chi connectivity index (χ2v) is 15.1. The van der Waals surface area contributed by atoms with Crippen LogP contribution >= 0.6 is 0 Å². The van der Waals surface area contributed by atoms with Gasteiger partial charge in [0.15, 0.2) is 0 Å². The highest BCUT2D eigenvalue weighted by Crippen LogP contribution is 2.50. The van der Waals surface area contributed by atoms with E-state index in [2.05, 4.69) is 91.8 Å². The highest BCUT2D eigenvalue weighted by molar-refractivity contribution is 6.15. The number of ether oxygens (including phenoxy) is 4. The summed E-state index contributed by atoms with van der Waals surface area (Å²) in [4.78, 5) is 0. The van der Waals surface area contributed by atoms with Crippen LogP contribution in [0.1, 0.15) is 184 Å². The number of hydrogen-bond acceptors (Lipinski definition) is 4. The molecule has 282 valence electrons. The Kier molecular flexibility index (Phi) is 19.9. The molecule has 0 heterocycles. The van der Waals surface area contributed by atoms with Gasteiger partial charge in [-0.25, -0.2) is 0 Å². The Balaban J connectivity index is 2.17. The van der Waals surface area contributed by atoms with Crippen LogP contribution in [-0.4, -0.2) is 24.4 Å². The Morgan fingerprint density at radius 3 is 0.980 bits per heavy atom. The van der Waals surface area contributed by atoms with Crippen LogP contribution in [0.25, 0.3) is 21.5 Å². The van der Waals surface area contributed by atoms with E-state index in [9.17, 15) is 0 Å². The summed E-state index contributed by atoms with van der Waals surface area (Å²) in [6.45, 7) is 18.0. The predicted octanol–water partition coefficient (Wildman–Crippen LogP) is 14.9. The molecule has 0 radical (unpaired) electrons. The second-order valence-electron chi connectivity index (χ2n) is 15.1. The van der Waals surface area contributed by atoms with Gasteiger partial charge in [-0.05, 0) is 91.2 Å². The molecule has 4 nitrogen and oxygen atoms in total. The SMILES string of the molecule is CCCCCCC(C)Oc1cccc2c(OC(C)CCCCCC)c3c(OC(C)CCCCCC)cccc3c(OC(C)CCCCCC)c12. The third-order valence-electron chi connectivity index (χ3n) is 10.1. The largest absolute Gasteiger partial charge is 0.490 e. The van der Waals surface area contributed by atoms with Crippen molar-refractivity contribution in [1.29, 1.82) is 0 Å². The summed E-state index contributed by atoms with van der Waals surface area (Å²) in [5, 5.41) is 4.15. The van der Waals surface area contributed by atoms with E-state index in [1.807, 2.05) is 0 Å². The number of rotatable bonds is 28. The highest BCUT2D eigenvalue weighted by Gasteiger charge is 2.25. The van der Waals surface area contributed by atoms with Crippen molar-refractivity contribution in [2.45, 2.75) is 208 Å². The van der Waals surface area contributed by atoms with E-state index in [1.54, 1.807) is 0 Å². The van der Waals surface area contributed by atoms with Gasteiger partial charge < -0.3 is 18.9 Å². The van der Waals surface area contributed by atoms with E-state index < -0.39 is 0 Å². The van der Waals surface area contributed by atoms with Crippen molar-refractivity contribution in [2.24, 2.45) is 0 Å². The lowest BCUT2D eigenvalue weighted by Gasteiger charge is -2.26. The molecule has 0 bridgehead atoms. The van der Waals surface area contributed by atoms with Gasteiger partial charge in [0, 0.05) is 10.8 Å². The zero-order valence-corrected chi connectivity index (χ0v) is 33.5. The molecule has 0 amide bonds. The molecule has 0 aliphatic rings. The standard InChI is InChI=1S/C46H74O4/c1-9-13-17-21-27-35(5)47-41-33-25-31-39-43(41)45(49-37(7)29-23-19-15-11-3)40-32-26-34-42(48-36(6)28-22-18-14-10-2)44(40)46(39)50-38(8)30-24-20-16-12-4/h25-26,31-38H,9-24,27-30H2,1-8H3. The zero-order chi connectivity index (χ0) is 36.1. The van der Waals surface area contributed by atoms with Gasteiger partial charge in [-0.15, -0.1) is 0 Å². The number of fused-ring (bicyclic) bond motifs is 2. The van der Waals surface area contributed by atoms with Gasteiger partial charge in [0.1, 0.15) is 23.0 Å². The van der Waals surface area contributed by atoms with E-state index in [1.165, 1.54) is 103 Å². The van der Waals surface area contributed by atoms with Crippen molar-refractivity contribution in [3.63, 3.8) is 0 Å². The summed E-state index contributed by atoms with van der Waals surface area (Å²) in [6, 6.07) is 12.9. The fourth-order valence-corrected chi connectivity index (χ4v) is 7.13. The van der Waals surface area contributed by atoms with Crippen LogP contribution in [0.15, 0.2) is 36.4 Å². The molecule has 0 N–H and O–H groups in total. The third-order valence-corrected chi connectivity index (χ3v) is 10.1. The maximum atomic E-state index is 7.07. The minimum absolute atomic E-state index is 0.0732. The van der Waals surface area contributed by atoms with Crippen molar-refractivity contribution in [3.05, 3.63) is 36.4 Å². The molecule has 0 aliphatic carbocycles. The van der Waals surface area contributed by atoms with E-state index in [0.717, 1.165) is 70.2 Å². The van der Waals surface area contributed by atoms with Crippen LogP contribution in [-0.2, 0) is 0 Å². The van der Waals surface area contributed by atoms with Gasteiger partial charge in [0.2, 0.25) is 0 Å². The predicted molar refractivity (Wildman–Crippen MR) is 217 cm³/mol. The molecule has 4 atom stereocenters. The van der Waals surface area contributed by atoms with Crippen LogP contribution in [0.4, 0.5) is 0 Å². The molecule has 4 heteroatoms. The Bertz CT molecular complexity index is 1250. The Morgan fingerprint density at radius 1 is 0.380 bits per heavy atom. The van der Waals surface area contributed by atoms with E-state index in [0.29, 0.717) is 0 Å². The molecule has 0 aromatic heterocycles. The van der Waals surface area contributed by atoms with Gasteiger partial charge in [-0.2, -0.15) is 0 Å². The lowest BCUT2D eigenvalue weighted by molar-refractivity contribution is 0.197. The smallest absolute Gasteiger partial charge is 0.139 e. The van der Waals surface area contributed by atoms with Gasteiger partial charge in [0.25, 0.3) is 0 Å². The van der Waals surface area contributed by atoms with Gasteiger partial charge in [0.05, 0.1) is 35.2 Å². The second kappa shape index (κ2) is 23.8. The summed E-state index contributed by atoms with van der Waals surface area (Å²) in [7, 11) is 0. The van der Waals surface area contributed by atoms with Crippen molar-refractivity contribution >= 4 is 21.5 Å². The van der Waals surface area contributed by atoms with Gasteiger partial charge >= 0.3 is 0 Å². The van der Waals surface area contributed by atoms with E-state index in [-0.39, 0.29) is 24.4 Å². The summed E-state index contributed by atoms with van der Waals surface area (Å²) < 4.78 is 27.8. The molecule has 0 saturated carbocycles. The topological polar surface area (TPSA) is 36.9 Å². The first-order valence-electron chi connectivity index (χ1n) is 21.0. The van der Waals surface area contributed by atoms with Gasteiger partial charge in [-0.3, -0.25) is 0 Å². The monoisotopic (exact) mass is 691 g/mol. The molecule has 4 unspecified atom stereocenters. The summed E-state index contributed by atoms with van der Waals surface area (Å²) in [5.74, 6) is 3.57. The first-order chi connectivity index (χ1) is 24.3. The third kappa shape index (κ3) is 13.5. The lowest BCUT2D eigenvalue weighted by Crippen LogP contribution is -2.16. The summed E-state index contributed by atoms with van der Waals surface area (Å²) in [5.41, 5.74) is 0. The van der Waals surface area contributed by atoms with E-state index >= 15 is 0 Å². The maximum absolute atomic E-state index is 7.07. The van der Waals surface area contributed by atoms with Crippen LogP contribution in [0.2, 0.25) is 0 Å². The molecule has 3 aromatic rings. The molecule has 50 heavy (non-hydrogen) atoms. The summed E-state index contributed by atoms with van der Waals surface area (Å²) in [6.07, 6.45) is 24.2. The van der Waals surface area contributed by atoms with Crippen molar-refractivity contribution in [2.75, 3.05) is 0 Å². The Labute approximate surface area is 307 Å². The molecule has 0 saturated heterocycles. The van der Waals surface area contributed by atoms with Crippen LogP contribution in [0.3, 0.4) is 0 Å². The molecule has 0 aliphatic heterocycles. The average Bonchev–Trinajstić information content (AvgIpc) is 3.10. The molecule has 3 aromatic carbocycles. The quantitative estimate of drug-likeness (QED) is 0.0561. The Hall–Kier alpha value is -2.62. The minimum atomic E-state index is 0.0732. The lowest BCUT2D eigenvalue weighted by atomic mass is 9.98. The van der Waals surface area contributed by atoms with Crippen molar-refractivity contribution in [1.82, 2.24) is 0 Å². The van der Waals surface area contributed by atoms with Crippen LogP contribution < -0.4 is 18.9 Å². The molecule has 0 spiro atoms. The number of benzene rings is 3. The van der Waals surface area contributed by atoms with E-state index in [4.69, 9.17) is 18.9 Å². The normalized spacial score (nSPS) is 14.1. The van der Waals surface area contributed by atoms with Gasteiger partial charge in [-0.1, -0.05) is 129 Å². The Morgan fingerprint density at radius 2 is 0.680 bits per heavy atom. The molecule has 0 fully saturated rings.